The molecule has 1 heterocycles. The molecule has 2 aromatic rings. The molecule has 0 bridgehead atoms. The minimum Gasteiger partial charge on any atom is -0.478 e. The number of benzene rings is 1. The van der Waals surface area contributed by atoms with Crippen LogP contribution in [0.3, 0.4) is 0 Å². The van der Waals surface area contributed by atoms with Gasteiger partial charge in [-0.15, -0.1) is 0 Å². The largest absolute Gasteiger partial charge is 0.478 e. The Balaban J connectivity index is 2.80. The molecule has 1 aromatic carbocycles. The van der Waals surface area contributed by atoms with Crippen molar-refractivity contribution in [3.63, 3.8) is 0 Å². The van der Waals surface area contributed by atoms with Gasteiger partial charge in [-0.2, -0.15) is 0 Å². The standard InChI is InChI=1S/C11H9NO4/c1-5-2-6-3-7(10(13)14)8(11(15)16)4-9(6)12-5/h2-4,12H,1H3,(H,13,14)(H,15,16). The number of H-pyrrole nitrogens is 1. The van der Waals surface area contributed by atoms with Gasteiger partial charge in [-0.25, -0.2) is 9.59 Å². The van der Waals surface area contributed by atoms with Crippen LogP contribution in [-0.4, -0.2) is 27.1 Å². The van der Waals surface area contributed by atoms with E-state index in [1.54, 1.807) is 6.07 Å². The average molecular weight is 219 g/mol. The van der Waals surface area contributed by atoms with Gasteiger partial charge in [0.25, 0.3) is 0 Å². The first-order valence-electron chi connectivity index (χ1n) is 4.59. The van der Waals surface area contributed by atoms with Crippen molar-refractivity contribution < 1.29 is 19.8 Å². The maximum Gasteiger partial charge on any atom is 0.336 e. The monoisotopic (exact) mass is 219 g/mol. The number of aromatic amines is 1. The Morgan fingerprint density at radius 3 is 2.19 bits per heavy atom. The molecule has 0 atom stereocenters. The SMILES string of the molecule is Cc1cc2cc(C(=O)O)c(C(=O)O)cc2[nH]1. The molecule has 0 fully saturated rings. The Bertz CT molecular complexity index is 546. The van der Waals surface area contributed by atoms with Crippen molar-refractivity contribution in [1.29, 1.82) is 0 Å². The number of carbonyl (C=O) groups is 2. The van der Waals surface area contributed by atoms with Crippen LogP contribution in [0.25, 0.3) is 10.9 Å². The molecule has 0 aliphatic rings. The summed E-state index contributed by atoms with van der Waals surface area (Å²) in [6, 6.07) is 4.48. The number of rotatable bonds is 2. The Hall–Kier alpha value is -2.30. The molecular formula is C11H9NO4. The van der Waals surface area contributed by atoms with Crippen LogP contribution in [0, 0.1) is 6.92 Å². The molecule has 5 heteroatoms. The summed E-state index contributed by atoms with van der Waals surface area (Å²) in [5.41, 5.74) is 1.08. The minimum atomic E-state index is -1.24. The van der Waals surface area contributed by atoms with Gasteiger partial charge < -0.3 is 15.2 Å². The van der Waals surface area contributed by atoms with Crippen LogP contribution < -0.4 is 0 Å². The average Bonchev–Trinajstić information content (AvgIpc) is 2.54. The molecular weight excluding hydrogens is 210 g/mol. The molecule has 1 aromatic heterocycles. The van der Waals surface area contributed by atoms with Gasteiger partial charge >= 0.3 is 11.9 Å². The summed E-state index contributed by atoms with van der Waals surface area (Å²) in [5.74, 6) is -2.48. The zero-order chi connectivity index (χ0) is 11.9. The first-order chi connectivity index (χ1) is 7.49. The van der Waals surface area contributed by atoms with Gasteiger partial charge in [0, 0.05) is 16.6 Å². The summed E-state index contributed by atoms with van der Waals surface area (Å²) >= 11 is 0. The van der Waals surface area contributed by atoms with Crippen molar-refractivity contribution in [1.82, 2.24) is 4.98 Å². The Kier molecular flexibility index (Phi) is 2.16. The molecule has 0 saturated heterocycles. The van der Waals surface area contributed by atoms with E-state index in [-0.39, 0.29) is 11.1 Å². The lowest BCUT2D eigenvalue weighted by Crippen LogP contribution is -2.07. The normalized spacial score (nSPS) is 10.6. The van der Waals surface area contributed by atoms with Crippen LogP contribution in [0.15, 0.2) is 18.2 Å². The molecule has 0 aliphatic heterocycles. The van der Waals surface area contributed by atoms with E-state index in [0.29, 0.717) is 10.9 Å². The summed E-state index contributed by atoms with van der Waals surface area (Å²) < 4.78 is 0. The van der Waals surface area contributed by atoms with Gasteiger partial charge in [0.15, 0.2) is 0 Å². The van der Waals surface area contributed by atoms with E-state index in [1.807, 2.05) is 6.92 Å². The van der Waals surface area contributed by atoms with E-state index in [9.17, 15) is 9.59 Å². The third kappa shape index (κ3) is 1.52. The number of carboxylic acids is 2. The molecule has 0 amide bonds. The second-order valence-electron chi connectivity index (χ2n) is 3.55. The van der Waals surface area contributed by atoms with Crippen molar-refractivity contribution >= 4 is 22.8 Å². The highest BCUT2D eigenvalue weighted by Gasteiger charge is 2.17. The topological polar surface area (TPSA) is 90.4 Å². The molecule has 0 aliphatic carbocycles. The predicted octanol–water partition coefficient (Wildman–Crippen LogP) is 1.87. The lowest BCUT2D eigenvalue weighted by atomic mass is 10.1. The van der Waals surface area contributed by atoms with Gasteiger partial charge in [-0.3, -0.25) is 0 Å². The molecule has 3 N–H and O–H groups in total. The van der Waals surface area contributed by atoms with E-state index in [4.69, 9.17) is 10.2 Å². The van der Waals surface area contributed by atoms with Crippen LogP contribution in [0.1, 0.15) is 26.4 Å². The zero-order valence-corrected chi connectivity index (χ0v) is 8.44. The van der Waals surface area contributed by atoms with E-state index in [0.717, 1.165) is 5.69 Å². The number of aromatic nitrogens is 1. The second kappa shape index (κ2) is 3.37. The van der Waals surface area contributed by atoms with Crippen LogP contribution in [-0.2, 0) is 0 Å². The Morgan fingerprint density at radius 2 is 1.62 bits per heavy atom. The number of nitrogens with one attached hydrogen (secondary N) is 1. The maximum absolute atomic E-state index is 10.9. The van der Waals surface area contributed by atoms with Crippen molar-refractivity contribution in [2.45, 2.75) is 6.92 Å². The molecule has 0 unspecified atom stereocenters. The molecule has 0 radical (unpaired) electrons. The highest BCUT2D eigenvalue weighted by atomic mass is 16.4. The number of fused-ring (bicyclic) bond motifs is 1. The van der Waals surface area contributed by atoms with Gasteiger partial charge in [0.05, 0.1) is 11.1 Å². The van der Waals surface area contributed by atoms with E-state index < -0.39 is 11.9 Å². The van der Waals surface area contributed by atoms with Crippen LogP contribution in [0.5, 0.6) is 0 Å². The van der Waals surface area contributed by atoms with Crippen molar-refractivity contribution in [2.75, 3.05) is 0 Å². The maximum atomic E-state index is 10.9. The first kappa shape index (κ1) is 10.2. The summed E-state index contributed by atoms with van der Waals surface area (Å²) in [6.07, 6.45) is 0. The zero-order valence-electron chi connectivity index (χ0n) is 8.44. The van der Waals surface area contributed by atoms with E-state index in [1.165, 1.54) is 12.1 Å². The Morgan fingerprint density at radius 1 is 1.06 bits per heavy atom. The minimum absolute atomic E-state index is 0.195. The van der Waals surface area contributed by atoms with Crippen LogP contribution >= 0.6 is 0 Å². The third-order valence-corrected chi connectivity index (χ3v) is 2.35. The van der Waals surface area contributed by atoms with Crippen LogP contribution in [0.4, 0.5) is 0 Å². The lowest BCUT2D eigenvalue weighted by Gasteiger charge is -2.01. The van der Waals surface area contributed by atoms with Gasteiger partial charge in [0.1, 0.15) is 0 Å². The van der Waals surface area contributed by atoms with Crippen molar-refractivity contribution in [3.05, 3.63) is 35.0 Å². The molecule has 5 nitrogen and oxygen atoms in total. The van der Waals surface area contributed by atoms with Crippen molar-refractivity contribution in [3.8, 4) is 0 Å². The molecule has 82 valence electrons. The third-order valence-electron chi connectivity index (χ3n) is 2.35. The van der Waals surface area contributed by atoms with Crippen molar-refractivity contribution in [2.24, 2.45) is 0 Å². The fourth-order valence-corrected chi connectivity index (χ4v) is 1.68. The number of aryl methyl sites for hydroxylation is 1. The summed E-state index contributed by atoms with van der Waals surface area (Å²) in [4.78, 5) is 24.8. The summed E-state index contributed by atoms with van der Waals surface area (Å²) in [7, 11) is 0. The van der Waals surface area contributed by atoms with Gasteiger partial charge in [-0.1, -0.05) is 0 Å². The van der Waals surface area contributed by atoms with Gasteiger partial charge in [-0.05, 0) is 25.1 Å². The summed E-state index contributed by atoms with van der Waals surface area (Å²) in [6.45, 7) is 1.82. The predicted molar refractivity (Wildman–Crippen MR) is 57.0 cm³/mol. The number of carboxylic acid groups (broad SMARTS) is 2. The fourth-order valence-electron chi connectivity index (χ4n) is 1.68. The Labute approximate surface area is 90.3 Å². The quantitative estimate of drug-likeness (QED) is 0.719. The molecule has 0 saturated carbocycles. The molecule has 16 heavy (non-hydrogen) atoms. The number of hydrogen-bond donors (Lipinski definition) is 3. The summed E-state index contributed by atoms with van der Waals surface area (Å²) in [5, 5.41) is 18.5. The van der Waals surface area contributed by atoms with Gasteiger partial charge in [0.2, 0.25) is 0 Å². The van der Waals surface area contributed by atoms with E-state index >= 15 is 0 Å². The first-order valence-corrected chi connectivity index (χ1v) is 4.59. The number of aromatic carboxylic acids is 2. The van der Waals surface area contributed by atoms with E-state index in [2.05, 4.69) is 4.98 Å². The highest BCUT2D eigenvalue weighted by Crippen LogP contribution is 2.21. The molecule has 0 spiro atoms. The second-order valence-corrected chi connectivity index (χ2v) is 3.55. The molecule has 2 rings (SSSR count). The van der Waals surface area contributed by atoms with Crippen LogP contribution in [0.2, 0.25) is 0 Å². The smallest absolute Gasteiger partial charge is 0.336 e. The lowest BCUT2D eigenvalue weighted by molar-refractivity contribution is 0.0652. The highest BCUT2D eigenvalue weighted by molar-refractivity contribution is 6.05. The number of hydrogen-bond acceptors (Lipinski definition) is 2. The fraction of sp³-hybridized carbons (Fsp3) is 0.0909.